The van der Waals surface area contributed by atoms with E-state index in [1.807, 2.05) is 30.3 Å². The highest BCUT2D eigenvalue weighted by Gasteiger charge is 2.49. The summed E-state index contributed by atoms with van der Waals surface area (Å²) in [5, 5.41) is 0. The maximum absolute atomic E-state index is 12.6. The second-order valence-corrected chi connectivity index (χ2v) is 8.76. The number of alkyl halides is 3. The molecule has 0 aliphatic rings. The fourth-order valence-corrected chi connectivity index (χ4v) is 4.30. The predicted octanol–water partition coefficient (Wildman–Crippen LogP) is 1.12. The lowest BCUT2D eigenvalue weighted by Crippen LogP contribution is -3.59. The van der Waals surface area contributed by atoms with Gasteiger partial charge in [0.15, 0.2) is 9.33 Å². The summed E-state index contributed by atoms with van der Waals surface area (Å²) in [5.41, 5.74) is -4.40. The van der Waals surface area contributed by atoms with Crippen molar-refractivity contribution >= 4 is 15.9 Å². The molecule has 0 N–H and O–H groups in total. The minimum atomic E-state index is -5.71. The number of benzene rings is 2. The summed E-state index contributed by atoms with van der Waals surface area (Å²) in [6.07, 6.45) is 0. The van der Waals surface area contributed by atoms with Crippen LogP contribution in [0.3, 0.4) is 0 Å². The quantitative estimate of drug-likeness (QED) is 0.286. The molecule has 0 radical (unpaired) electrons. The largest absolute Gasteiger partial charge is 0.534 e. The van der Waals surface area contributed by atoms with E-state index in [0.29, 0.717) is 5.56 Å². The molecule has 2 aromatic carbocycles. The van der Waals surface area contributed by atoms with E-state index >= 15 is 0 Å². The Morgan fingerprint density at radius 1 is 1.08 bits per heavy atom. The summed E-state index contributed by atoms with van der Waals surface area (Å²) in [5.74, 6) is -0.298. The zero-order chi connectivity index (χ0) is 17.8. The van der Waals surface area contributed by atoms with E-state index in [0.717, 1.165) is 9.13 Å². The number of aryl methyl sites for hydroxylation is 1. The molecule has 0 aliphatic carbocycles. The predicted molar refractivity (Wildman–Crippen MR) is 80.4 cm³/mol. The Kier molecular flexibility index (Phi) is 5.92. The first-order valence-electron chi connectivity index (χ1n) is 6.65. The number of rotatable bonds is 5. The molecular formula is C16H13F3IO3S+. The normalized spacial score (nSPS) is 12.9. The Labute approximate surface area is 148 Å². The second-order valence-electron chi connectivity index (χ2n) is 4.73. The maximum Gasteiger partial charge on any atom is 0.534 e. The van der Waals surface area contributed by atoms with Crippen LogP contribution in [0.2, 0.25) is 0 Å². The smallest absolute Gasteiger partial charge is 0.371 e. The van der Waals surface area contributed by atoms with Crippen LogP contribution >= 0.6 is 0 Å². The highest BCUT2D eigenvalue weighted by atomic mass is 127. The molecule has 0 saturated heterocycles. The van der Waals surface area contributed by atoms with Crippen LogP contribution in [0.1, 0.15) is 11.1 Å². The molecular weight excluding hydrogens is 456 g/mol. The summed E-state index contributed by atoms with van der Waals surface area (Å²) in [6, 6.07) is 15.6. The van der Waals surface area contributed by atoms with Gasteiger partial charge in [0.25, 0.3) is 0 Å². The fourth-order valence-electron chi connectivity index (χ4n) is 1.69. The molecule has 3 nitrogen and oxygen atoms in total. The molecule has 0 bridgehead atoms. The Balaban J connectivity index is 2.38. The molecule has 8 heteroatoms. The average Bonchev–Trinajstić information content (AvgIpc) is 2.51. The molecule has 2 rings (SSSR count). The summed E-state index contributed by atoms with van der Waals surface area (Å²) >= 11 is -0.859. The summed E-state index contributed by atoms with van der Waals surface area (Å²) in [4.78, 5) is 0. The van der Waals surface area contributed by atoms with Gasteiger partial charge in [-0.1, -0.05) is 42.0 Å². The Hall–Kier alpha value is -1.55. The topological polar surface area (TPSA) is 43.4 Å². The van der Waals surface area contributed by atoms with Gasteiger partial charge >= 0.3 is 36.8 Å². The first-order valence-corrected chi connectivity index (χ1v) is 10.4. The first-order chi connectivity index (χ1) is 11.2. The van der Waals surface area contributed by atoms with Gasteiger partial charge in [0.2, 0.25) is 4.08 Å². The third kappa shape index (κ3) is 4.97. The van der Waals surface area contributed by atoms with Gasteiger partial charge in [0.05, 0.1) is 0 Å². The molecule has 128 valence electrons. The van der Waals surface area contributed by atoms with Crippen molar-refractivity contribution in [1.82, 2.24) is 0 Å². The molecule has 0 atom stereocenters. The van der Waals surface area contributed by atoms with Gasteiger partial charge in [0, 0.05) is 5.56 Å². The SMILES string of the molecule is Cc1cccc(/C(=C\[I+]c2ccccc2)OS(=O)(=O)C(F)(F)F)c1. The van der Waals surface area contributed by atoms with E-state index in [9.17, 15) is 21.6 Å². The van der Waals surface area contributed by atoms with Crippen molar-refractivity contribution in [3.8, 4) is 0 Å². The number of hydrogen-bond donors (Lipinski definition) is 0. The zero-order valence-corrected chi connectivity index (χ0v) is 15.4. The van der Waals surface area contributed by atoms with Crippen molar-refractivity contribution in [2.24, 2.45) is 0 Å². The first kappa shape index (κ1) is 18.8. The average molecular weight is 469 g/mol. The molecule has 2 aromatic rings. The van der Waals surface area contributed by atoms with E-state index < -0.39 is 36.8 Å². The molecule has 0 aromatic heterocycles. The van der Waals surface area contributed by atoms with E-state index in [1.54, 1.807) is 25.1 Å². The molecule has 0 aliphatic heterocycles. The van der Waals surface area contributed by atoms with Crippen LogP contribution in [-0.4, -0.2) is 13.9 Å². The summed E-state index contributed by atoms with van der Waals surface area (Å²) in [6.45, 7) is 1.76. The molecule has 0 saturated carbocycles. The van der Waals surface area contributed by atoms with Gasteiger partial charge in [-0.05, 0) is 25.1 Å². The van der Waals surface area contributed by atoms with Crippen LogP contribution in [0.15, 0.2) is 58.7 Å². The van der Waals surface area contributed by atoms with Crippen molar-refractivity contribution in [2.75, 3.05) is 0 Å². The van der Waals surface area contributed by atoms with Crippen molar-refractivity contribution in [3.05, 3.63) is 73.4 Å². The maximum atomic E-state index is 12.6. The summed E-state index contributed by atoms with van der Waals surface area (Å²) in [7, 11) is -5.71. The zero-order valence-electron chi connectivity index (χ0n) is 12.4. The van der Waals surface area contributed by atoms with Gasteiger partial charge in [-0.15, -0.1) is 0 Å². The number of hydrogen-bond acceptors (Lipinski definition) is 3. The van der Waals surface area contributed by atoms with Crippen LogP contribution < -0.4 is 21.2 Å². The van der Waals surface area contributed by atoms with Gasteiger partial charge < -0.3 is 4.18 Å². The monoisotopic (exact) mass is 469 g/mol. The van der Waals surface area contributed by atoms with Crippen molar-refractivity contribution in [1.29, 1.82) is 0 Å². The fraction of sp³-hybridized carbons (Fsp3) is 0.125. The van der Waals surface area contributed by atoms with Crippen molar-refractivity contribution in [3.63, 3.8) is 0 Å². The van der Waals surface area contributed by atoms with E-state index in [4.69, 9.17) is 0 Å². The summed E-state index contributed by atoms with van der Waals surface area (Å²) < 4.78 is 67.3. The van der Waals surface area contributed by atoms with Crippen LogP contribution in [0.25, 0.3) is 5.76 Å². The van der Waals surface area contributed by atoms with Crippen LogP contribution in [-0.2, 0) is 14.3 Å². The van der Waals surface area contributed by atoms with E-state index in [2.05, 4.69) is 4.18 Å². The van der Waals surface area contributed by atoms with Crippen molar-refractivity contribution in [2.45, 2.75) is 12.4 Å². The van der Waals surface area contributed by atoms with Gasteiger partial charge in [-0.25, -0.2) is 0 Å². The van der Waals surface area contributed by atoms with Crippen LogP contribution in [0, 0.1) is 10.5 Å². The third-order valence-corrected chi connectivity index (χ3v) is 6.08. The Morgan fingerprint density at radius 3 is 2.33 bits per heavy atom. The molecule has 0 unspecified atom stereocenters. The van der Waals surface area contributed by atoms with Crippen molar-refractivity contribution < 1.29 is 47.0 Å². The minimum absolute atomic E-state index is 0.290. The molecule has 24 heavy (non-hydrogen) atoms. The minimum Gasteiger partial charge on any atom is -0.371 e. The third-order valence-electron chi connectivity index (χ3n) is 2.80. The highest BCUT2D eigenvalue weighted by Crippen LogP contribution is 2.29. The van der Waals surface area contributed by atoms with Gasteiger partial charge in [0.1, 0.15) is 0 Å². The lowest BCUT2D eigenvalue weighted by molar-refractivity contribution is -0.556. The van der Waals surface area contributed by atoms with Crippen LogP contribution in [0.4, 0.5) is 13.2 Å². The molecule has 0 amide bonds. The van der Waals surface area contributed by atoms with Gasteiger partial charge in [-0.3, -0.25) is 0 Å². The standard InChI is InChI=1S/C16H13F3IO3S/c1-12-6-5-7-13(10-12)15(23-24(21,22)16(17,18)19)11-20-14-8-3-2-4-9-14/h2-11H,1H3/q+1/b15-11+. The Bertz CT molecular complexity index is 831. The Morgan fingerprint density at radius 2 is 1.75 bits per heavy atom. The number of halogens is 4. The van der Waals surface area contributed by atoms with E-state index in [1.165, 1.54) is 10.1 Å². The lowest BCUT2D eigenvalue weighted by Gasteiger charge is -2.11. The van der Waals surface area contributed by atoms with Crippen LogP contribution in [0.5, 0.6) is 0 Å². The molecule has 0 spiro atoms. The highest BCUT2D eigenvalue weighted by molar-refractivity contribution is 7.87. The lowest BCUT2D eigenvalue weighted by atomic mass is 10.1. The van der Waals surface area contributed by atoms with E-state index in [-0.39, 0.29) is 5.76 Å². The molecule has 0 heterocycles. The second kappa shape index (κ2) is 7.56. The molecule has 0 fully saturated rings. The van der Waals surface area contributed by atoms with Gasteiger partial charge in [-0.2, -0.15) is 21.6 Å².